The van der Waals surface area contributed by atoms with Gasteiger partial charge in [0, 0.05) is 11.0 Å². The number of anilines is 1. The molecule has 0 unspecified atom stereocenters. The Hall–Kier alpha value is -1.20. The monoisotopic (exact) mass is 353 g/mol. The second kappa shape index (κ2) is 5.30. The van der Waals surface area contributed by atoms with Crippen molar-refractivity contribution >= 4 is 38.9 Å². The van der Waals surface area contributed by atoms with Crippen LogP contribution in [0.2, 0.25) is 0 Å². The van der Waals surface area contributed by atoms with E-state index in [1.165, 1.54) is 17.4 Å². The molecule has 0 saturated heterocycles. The van der Waals surface area contributed by atoms with Crippen LogP contribution in [-0.4, -0.2) is 12.5 Å². The fourth-order valence-electron chi connectivity index (χ4n) is 2.61. The van der Waals surface area contributed by atoms with Crippen molar-refractivity contribution in [3.05, 3.63) is 49.9 Å². The third-order valence-electron chi connectivity index (χ3n) is 3.44. The van der Waals surface area contributed by atoms with E-state index in [0.29, 0.717) is 17.1 Å². The Bertz CT molecular complexity index is 683. The van der Waals surface area contributed by atoms with Crippen LogP contribution in [0.15, 0.2) is 28.1 Å². The average Bonchev–Trinajstić information content (AvgIpc) is 2.83. The van der Waals surface area contributed by atoms with Crippen LogP contribution >= 0.6 is 27.3 Å². The number of fused-ring (bicyclic) bond motifs is 1. The Morgan fingerprint density at radius 3 is 2.95 bits per heavy atom. The van der Waals surface area contributed by atoms with Gasteiger partial charge in [-0.1, -0.05) is 6.07 Å². The Labute approximate surface area is 129 Å². The summed E-state index contributed by atoms with van der Waals surface area (Å²) in [7, 11) is 0. The second-order valence-corrected chi connectivity index (χ2v) is 6.68. The van der Waals surface area contributed by atoms with Gasteiger partial charge in [0.25, 0.3) is 5.91 Å². The van der Waals surface area contributed by atoms with Crippen LogP contribution in [0.3, 0.4) is 0 Å². The molecule has 20 heavy (non-hydrogen) atoms. The molecule has 3 rings (SSSR count). The lowest BCUT2D eigenvalue weighted by molar-refractivity contribution is 0.0987. The summed E-state index contributed by atoms with van der Waals surface area (Å²) in [6.07, 6.45) is 1.69. The van der Waals surface area contributed by atoms with Crippen molar-refractivity contribution < 1.29 is 9.18 Å². The number of benzene rings is 1. The molecule has 1 aromatic carbocycles. The van der Waals surface area contributed by atoms with E-state index in [1.807, 2.05) is 24.4 Å². The number of hydrogen-bond acceptors (Lipinski definition) is 2. The van der Waals surface area contributed by atoms with Crippen molar-refractivity contribution in [2.24, 2.45) is 0 Å². The molecule has 0 fully saturated rings. The van der Waals surface area contributed by atoms with Crippen LogP contribution in [0.1, 0.15) is 27.2 Å². The van der Waals surface area contributed by atoms with Gasteiger partial charge in [-0.05, 0) is 64.3 Å². The minimum Gasteiger partial charge on any atom is -0.305 e. The summed E-state index contributed by atoms with van der Waals surface area (Å²) in [5.74, 6) is -0.434. The highest BCUT2D eigenvalue weighted by molar-refractivity contribution is 9.10. The highest BCUT2D eigenvalue weighted by Crippen LogP contribution is 2.34. The predicted molar refractivity (Wildman–Crippen MR) is 83.2 cm³/mol. The molecule has 2 heterocycles. The number of amides is 1. The van der Waals surface area contributed by atoms with E-state index < -0.39 is 0 Å². The number of rotatable bonds is 1. The first kappa shape index (κ1) is 13.8. The minimum absolute atomic E-state index is 0.129. The maximum absolute atomic E-state index is 14.3. The van der Waals surface area contributed by atoms with Crippen LogP contribution in [0.4, 0.5) is 10.1 Å². The summed E-state index contributed by atoms with van der Waals surface area (Å²) < 4.78 is 15.1. The Kier molecular flexibility index (Phi) is 3.65. The van der Waals surface area contributed by atoms with Gasteiger partial charge in [-0.3, -0.25) is 4.79 Å². The van der Waals surface area contributed by atoms with Gasteiger partial charge in [0.2, 0.25) is 0 Å². The molecule has 1 aromatic heterocycles. The molecule has 1 aliphatic heterocycles. The maximum Gasteiger partial charge on any atom is 0.269 e. The van der Waals surface area contributed by atoms with Crippen molar-refractivity contribution in [3.63, 3.8) is 0 Å². The minimum atomic E-state index is -0.305. The zero-order valence-electron chi connectivity index (χ0n) is 11.0. The van der Waals surface area contributed by atoms with E-state index in [9.17, 15) is 9.18 Å². The number of halogens is 2. The van der Waals surface area contributed by atoms with Gasteiger partial charge in [-0.2, -0.15) is 0 Å². The third kappa shape index (κ3) is 2.29. The van der Waals surface area contributed by atoms with Gasteiger partial charge in [-0.25, -0.2) is 4.39 Å². The van der Waals surface area contributed by atoms with Crippen molar-refractivity contribution in [2.75, 3.05) is 11.4 Å². The SMILES string of the molecule is Cc1cc(F)c2c(c1)CCCN2C(=O)c1sccc1Br. The van der Waals surface area contributed by atoms with Crippen molar-refractivity contribution in [1.82, 2.24) is 0 Å². The largest absolute Gasteiger partial charge is 0.305 e. The number of carbonyl (C=O) groups is 1. The quantitative estimate of drug-likeness (QED) is 0.736. The molecule has 0 radical (unpaired) electrons. The lowest BCUT2D eigenvalue weighted by atomic mass is 9.99. The molecule has 0 atom stereocenters. The molecule has 5 heteroatoms. The summed E-state index contributed by atoms with van der Waals surface area (Å²) in [5, 5.41) is 1.85. The van der Waals surface area contributed by atoms with E-state index in [4.69, 9.17) is 0 Å². The van der Waals surface area contributed by atoms with Gasteiger partial charge in [0.15, 0.2) is 0 Å². The first-order valence-electron chi connectivity index (χ1n) is 6.42. The number of aryl methyl sites for hydroxylation is 2. The van der Waals surface area contributed by atoms with Crippen LogP contribution < -0.4 is 4.90 Å². The van der Waals surface area contributed by atoms with Crippen molar-refractivity contribution in [2.45, 2.75) is 19.8 Å². The van der Waals surface area contributed by atoms with E-state index in [1.54, 1.807) is 4.90 Å². The highest BCUT2D eigenvalue weighted by Gasteiger charge is 2.28. The molecule has 0 saturated carbocycles. The van der Waals surface area contributed by atoms with Gasteiger partial charge in [-0.15, -0.1) is 11.3 Å². The molecule has 1 aliphatic rings. The molecule has 2 nitrogen and oxygen atoms in total. The first-order chi connectivity index (χ1) is 9.58. The fourth-order valence-corrected chi connectivity index (χ4v) is 4.10. The molecular formula is C15H13BrFNOS. The molecule has 2 aromatic rings. The maximum atomic E-state index is 14.3. The van der Waals surface area contributed by atoms with Gasteiger partial charge >= 0.3 is 0 Å². The number of hydrogen-bond donors (Lipinski definition) is 0. The average molecular weight is 354 g/mol. The zero-order chi connectivity index (χ0) is 14.3. The Balaban J connectivity index is 2.06. The molecule has 104 valence electrons. The van der Waals surface area contributed by atoms with Crippen LogP contribution in [-0.2, 0) is 6.42 Å². The number of thiophene rings is 1. The molecule has 1 amide bonds. The Morgan fingerprint density at radius 2 is 2.25 bits per heavy atom. The fraction of sp³-hybridized carbons (Fsp3) is 0.267. The summed E-state index contributed by atoms with van der Waals surface area (Å²) in [6.45, 7) is 2.44. The molecule has 0 aliphatic carbocycles. The summed E-state index contributed by atoms with van der Waals surface area (Å²) in [5.41, 5.74) is 2.27. The van der Waals surface area contributed by atoms with E-state index in [0.717, 1.165) is 28.4 Å². The lowest BCUT2D eigenvalue weighted by Gasteiger charge is -2.30. The molecule has 0 bridgehead atoms. The van der Waals surface area contributed by atoms with Crippen molar-refractivity contribution in [3.8, 4) is 0 Å². The van der Waals surface area contributed by atoms with Gasteiger partial charge in [0.1, 0.15) is 10.7 Å². The van der Waals surface area contributed by atoms with Crippen molar-refractivity contribution in [1.29, 1.82) is 0 Å². The second-order valence-electron chi connectivity index (χ2n) is 4.91. The van der Waals surface area contributed by atoms with Gasteiger partial charge < -0.3 is 4.90 Å². The van der Waals surface area contributed by atoms with E-state index in [-0.39, 0.29) is 11.7 Å². The third-order valence-corrected chi connectivity index (χ3v) is 5.27. The van der Waals surface area contributed by atoms with Crippen LogP contribution in [0.5, 0.6) is 0 Å². The molecule has 0 spiro atoms. The molecular weight excluding hydrogens is 341 g/mol. The topological polar surface area (TPSA) is 20.3 Å². The molecule has 0 N–H and O–H groups in total. The standard InChI is InChI=1S/C15H13BrFNOS/c1-9-7-10-3-2-5-18(13(10)12(17)8-9)15(19)14-11(16)4-6-20-14/h4,6-8H,2-3,5H2,1H3. The first-order valence-corrected chi connectivity index (χ1v) is 8.09. The predicted octanol–water partition coefficient (Wildman–Crippen LogP) is 4.55. The van der Waals surface area contributed by atoms with Gasteiger partial charge in [0.05, 0.1) is 5.69 Å². The zero-order valence-corrected chi connectivity index (χ0v) is 13.4. The summed E-state index contributed by atoms with van der Waals surface area (Å²) >= 11 is 4.75. The smallest absolute Gasteiger partial charge is 0.269 e. The lowest BCUT2D eigenvalue weighted by Crippen LogP contribution is -2.36. The number of carbonyl (C=O) groups excluding carboxylic acids is 1. The van der Waals surface area contributed by atoms with Crippen LogP contribution in [0, 0.1) is 12.7 Å². The van der Waals surface area contributed by atoms with E-state index in [2.05, 4.69) is 15.9 Å². The summed E-state index contributed by atoms with van der Waals surface area (Å²) in [6, 6.07) is 5.31. The normalized spacial score (nSPS) is 14.2. The number of nitrogens with zero attached hydrogens (tertiary/aromatic N) is 1. The van der Waals surface area contributed by atoms with E-state index >= 15 is 0 Å². The highest BCUT2D eigenvalue weighted by atomic mass is 79.9. The Morgan fingerprint density at radius 1 is 1.45 bits per heavy atom. The summed E-state index contributed by atoms with van der Waals surface area (Å²) in [4.78, 5) is 14.8. The van der Waals surface area contributed by atoms with Crippen LogP contribution in [0.25, 0.3) is 0 Å².